The van der Waals surface area contributed by atoms with E-state index in [9.17, 15) is 12.3 Å². The third-order valence-electron chi connectivity index (χ3n) is 2.42. The van der Waals surface area contributed by atoms with Crippen molar-refractivity contribution in [2.45, 2.75) is 26.2 Å². The van der Waals surface area contributed by atoms with Gasteiger partial charge in [-0.25, -0.2) is 0 Å². The number of rotatable bonds is 3. The first-order valence-electron chi connectivity index (χ1n) is 5.58. The van der Waals surface area contributed by atoms with Gasteiger partial charge in [-0.1, -0.05) is 57.2 Å². The lowest BCUT2D eigenvalue weighted by Crippen LogP contribution is -2.10. The highest BCUT2D eigenvalue weighted by molar-refractivity contribution is 7.89. The molecule has 0 atom stereocenters. The van der Waals surface area contributed by atoms with E-state index in [2.05, 4.69) is 20.8 Å². The van der Waals surface area contributed by atoms with Gasteiger partial charge in [0.2, 0.25) is 0 Å². The lowest BCUT2D eigenvalue weighted by atomic mass is 9.87. The third kappa shape index (κ3) is 5.27. The topological polar surface area (TPSA) is 34.1 Å². The maximum absolute atomic E-state index is 12.2. The molecule has 0 spiro atoms. The molecule has 0 aliphatic heterocycles. The molecule has 0 fully saturated rings. The van der Waals surface area contributed by atoms with Gasteiger partial charge in [0.05, 0.1) is 5.41 Å². The van der Waals surface area contributed by atoms with Crippen molar-refractivity contribution in [2.75, 3.05) is 0 Å². The Hall–Kier alpha value is -1.42. The minimum Gasteiger partial charge on any atom is -0.190 e. The van der Waals surface area contributed by atoms with Crippen LogP contribution in [0, 0.1) is 0 Å². The predicted molar refractivity (Wildman–Crippen MR) is 73.3 cm³/mol. The van der Waals surface area contributed by atoms with E-state index in [0.717, 1.165) is 11.6 Å². The molecule has 0 N–H and O–H groups in total. The van der Waals surface area contributed by atoms with Crippen molar-refractivity contribution in [2.24, 2.45) is 0 Å². The summed E-state index contributed by atoms with van der Waals surface area (Å²) in [7, 11) is -4.54. The summed E-state index contributed by atoms with van der Waals surface area (Å²) >= 11 is 0. The summed E-state index contributed by atoms with van der Waals surface area (Å²) in [5.74, 6) is 0. The third-order valence-corrected chi connectivity index (χ3v) is 2.90. The van der Waals surface area contributed by atoms with Crippen molar-refractivity contribution in [3.63, 3.8) is 0 Å². The van der Waals surface area contributed by atoms with Gasteiger partial charge in [0.15, 0.2) is 0 Å². The first kappa shape index (κ1) is 14.6. The number of hydrogen-bond donors (Lipinski definition) is 0. The molecule has 0 bridgehead atoms. The van der Waals surface area contributed by atoms with Gasteiger partial charge in [-0.15, -0.1) is 3.89 Å². The molecule has 98 valence electrons. The molecule has 1 aromatic carbocycles. The van der Waals surface area contributed by atoms with E-state index in [-0.39, 0.29) is 5.41 Å². The molecular formula is C14H17FO2S. The number of hydrogen-bond acceptors (Lipinski definition) is 2. The average molecular weight is 268 g/mol. The number of allylic oxidation sites excluding steroid dienone is 2. The normalized spacial score (nSPS) is 13.6. The Kier molecular flexibility index (Phi) is 4.46. The molecule has 4 heteroatoms. The Morgan fingerprint density at radius 3 is 2.06 bits per heavy atom. The smallest absolute Gasteiger partial charge is 0.190 e. The molecule has 0 unspecified atom stereocenters. The van der Waals surface area contributed by atoms with Crippen LogP contribution in [-0.2, 0) is 15.6 Å². The standard InChI is InChI=1S/C14H17FO2S/c1-14(2,3)13-9-7-12(8-10-13)6-4-5-11-18(15,16)17/h4-11H,1-3H3/b6-4+,11-5+. The zero-order valence-electron chi connectivity index (χ0n) is 10.7. The second kappa shape index (κ2) is 5.48. The van der Waals surface area contributed by atoms with Crippen LogP contribution in [0.25, 0.3) is 6.08 Å². The number of halogens is 1. The van der Waals surface area contributed by atoms with Gasteiger partial charge in [-0.3, -0.25) is 0 Å². The van der Waals surface area contributed by atoms with E-state index >= 15 is 0 Å². The lowest BCUT2D eigenvalue weighted by Gasteiger charge is -2.18. The van der Waals surface area contributed by atoms with Crippen molar-refractivity contribution in [1.29, 1.82) is 0 Å². The summed E-state index contributed by atoms with van der Waals surface area (Å²) in [5, 5.41) is 0.521. The zero-order valence-corrected chi connectivity index (χ0v) is 11.5. The second-order valence-electron chi connectivity index (χ2n) is 5.04. The monoisotopic (exact) mass is 268 g/mol. The van der Waals surface area contributed by atoms with Gasteiger partial charge in [-0.2, -0.15) is 8.42 Å². The molecule has 2 nitrogen and oxygen atoms in total. The molecule has 0 saturated carbocycles. The molecule has 1 rings (SSSR count). The Labute approximate surface area is 108 Å². The van der Waals surface area contributed by atoms with Gasteiger partial charge < -0.3 is 0 Å². The summed E-state index contributed by atoms with van der Waals surface area (Å²) in [4.78, 5) is 0. The van der Waals surface area contributed by atoms with Crippen LogP contribution in [0.3, 0.4) is 0 Å². The van der Waals surface area contributed by atoms with Gasteiger partial charge in [0.1, 0.15) is 0 Å². The van der Waals surface area contributed by atoms with E-state index in [1.54, 1.807) is 6.08 Å². The van der Waals surface area contributed by atoms with Crippen LogP contribution in [0.5, 0.6) is 0 Å². The lowest BCUT2D eigenvalue weighted by molar-refractivity contribution is 0.563. The molecule has 0 heterocycles. The fourth-order valence-corrected chi connectivity index (χ4v) is 1.68. The first-order chi connectivity index (χ1) is 8.18. The molecule has 0 saturated heterocycles. The number of benzene rings is 1. The highest BCUT2D eigenvalue weighted by Crippen LogP contribution is 2.22. The molecule has 0 aromatic heterocycles. The highest BCUT2D eigenvalue weighted by atomic mass is 32.3. The Morgan fingerprint density at radius 2 is 1.61 bits per heavy atom. The van der Waals surface area contributed by atoms with E-state index in [0.29, 0.717) is 5.41 Å². The molecule has 18 heavy (non-hydrogen) atoms. The highest BCUT2D eigenvalue weighted by Gasteiger charge is 2.12. The Bertz CT molecular complexity index is 546. The van der Waals surface area contributed by atoms with E-state index in [4.69, 9.17) is 0 Å². The fourth-order valence-electron chi connectivity index (χ4n) is 1.40. The minimum absolute atomic E-state index is 0.102. The molecule has 1 aromatic rings. The van der Waals surface area contributed by atoms with Crippen molar-refractivity contribution in [3.05, 3.63) is 53.0 Å². The van der Waals surface area contributed by atoms with Crippen LogP contribution in [0.1, 0.15) is 31.9 Å². The summed E-state index contributed by atoms with van der Waals surface area (Å²) in [6.45, 7) is 6.39. The largest absolute Gasteiger partial charge is 0.325 e. The van der Waals surface area contributed by atoms with Crippen molar-refractivity contribution < 1.29 is 12.3 Å². The van der Waals surface area contributed by atoms with Crippen LogP contribution in [0.15, 0.2) is 41.8 Å². The summed E-state index contributed by atoms with van der Waals surface area (Å²) < 4.78 is 32.6. The van der Waals surface area contributed by atoms with Crippen LogP contribution in [-0.4, -0.2) is 8.42 Å². The molecule has 0 aliphatic rings. The summed E-state index contributed by atoms with van der Waals surface area (Å²) in [6, 6.07) is 7.92. The molecule has 0 amide bonds. The summed E-state index contributed by atoms with van der Waals surface area (Å²) in [5.41, 5.74) is 2.26. The fraction of sp³-hybridized carbons (Fsp3) is 0.286. The minimum atomic E-state index is -4.54. The van der Waals surface area contributed by atoms with Crippen molar-refractivity contribution >= 4 is 16.3 Å². The molecule has 0 radical (unpaired) electrons. The van der Waals surface area contributed by atoms with Gasteiger partial charge in [0, 0.05) is 0 Å². The first-order valence-corrected chi connectivity index (χ1v) is 7.03. The van der Waals surface area contributed by atoms with E-state index < -0.39 is 10.2 Å². The van der Waals surface area contributed by atoms with E-state index in [1.807, 2.05) is 24.3 Å². The second-order valence-corrected chi connectivity index (χ2v) is 6.26. The van der Waals surface area contributed by atoms with Gasteiger partial charge in [0.25, 0.3) is 0 Å². The predicted octanol–water partition coefficient (Wildman–Crippen LogP) is 3.81. The van der Waals surface area contributed by atoms with Crippen LogP contribution in [0.2, 0.25) is 0 Å². The Morgan fingerprint density at radius 1 is 1.06 bits per heavy atom. The maximum atomic E-state index is 12.2. The quantitative estimate of drug-likeness (QED) is 0.617. The van der Waals surface area contributed by atoms with Gasteiger partial charge in [-0.05, 0) is 22.6 Å². The van der Waals surface area contributed by atoms with E-state index in [1.165, 1.54) is 11.6 Å². The van der Waals surface area contributed by atoms with Crippen LogP contribution in [0.4, 0.5) is 3.89 Å². The average Bonchev–Trinajstić information content (AvgIpc) is 2.22. The molecular weight excluding hydrogens is 251 g/mol. The Balaban J connectivity index is 2.76. The molecule has 0 aliphatic carbocycles. The van der Waals surface area contributed by atoms with Gasteiger partial charge >= 0.3 is 10.2 Å². The zero-order chi connectivity index (χ0) is 13.8. The maximum Gasteiger partial charge on any atom is 0.325 e. The van der Waals surface area contributed by atoms with Crippen molar-refractivity contribution in [1.82, 2.24) is 0 Å². The van der Waals surface area contributed by atoms with Crippen molar-refractivity contribution in [3.8, 4) is 0 Å². The van der Waals surface area contributed by atoms with Crippen LogP contribution < -0.4 is 0 Å². The SMILES string of the molecule is CC(C)(C)c1ccc(/C=C/C=C/S(=O)(=O)F)cc1. The van der Waals surface area contributed by atoms with Crippen LogP contribution >= 0.6 is 0 Å². The summed E-state index contributed by atoms with van der Waals surface area (Å²) in [6.07, 6.45) is 4.37.